The van der Waals surface area contributed by atoms with Crippen LogP contribution in [-0.2, 0) is 6.54 Å². The van der Waals surface area contributed by atoms with Gasteiger partial charge in [0.25, 0.3) is 0 Å². The number of rotatable bonds is 5. The van der Waals surface area contributed by atoms with Gasteiger partial charge in [-0.2, -0.15) is 0 Å². The third-order valence-corrected chi connectivity index (χ3v) is 2.90. The quantitative estimate of drug-likeness (QED) is 0.765. The molecular weight excluding hydrogens is 213 g/mol. The molecule has 0 aliphatic heterocycles. The van der Waals surface area contributed by atoms with E-state index in [2.05, 4.69) is 5.32 Å². The number of alkyl halides is 1. The van der Waals surface area contributed by atoms with E-state index >= 15 is 0 Å². The van der Waals surface area contributed by atoms with Gasteiger partial charge in [0, 0.05) is 18.5 Å². The molecule has 84 valence electrons. The van der Waals surface area contributed by atoms with E-state index in [-0.39, 0.29) is 11.2 Å². The zero-order valence-electron chi connectivity index (χ0n) is 9.19. The average molecular weight is 230 g/mol. The van der Waals surface area contributed by atoms with Crippen LogP contribution < -0.4 is 5.32 Å². The van der Waals surface area contributed by atoms with Crippen LogP contribution in [0.5, 0.6) is 0 Å². The lowest BCUT2D eigenvalue weighted by molar-refractivity contribution is 0.614. The second-order valence-electron chi connectivity index (χ2n) is 3.71. The topological polar surface area (TPSA) is 12.0 Å². The van der Waals surface area contributed by atoms with Crippen LogP contribution in [0.3, 0.4) is 0 Å². The van der Waals surface area contributed by atoms with E-state index in [1.54, 1.807) is 12.1 Å². The molecule has 0 radical (unpaired) electrons. The van der Waals surface area contributed by atoms with Gasteiger partial charge in [0.15, 0.2) is 0 Å². The van der Waals surface area contributed by atoms with E-state index in [0.717, 1.165) is 24.1 Å². The van der Waals surface area contributed by atoms with Crippen molar-refractivity contribution in [3.63, 3.8) is 0 Å². The van der Waals surface area contributed by atoms with Crippen LogP contribution in [0.2, 0.25) is 0 Å². The second kappa shape index (κ2) is 6.09. The zero-order valence-corrected chi connectivity index (χ0v) is 9.94. The predicted molar refractivity (Wildman–Crippen MR) is 62.8 cm³/mol. The van der Waals surface area contributed by atoms with Gasteiger partial charge in [-0.05, 0) is 36.6 Å². The highest BCUT2D eigenvalue weighted by molar-refractivity contribution is 6.20. The summed E-state index contributed by atoms with van der Waals surface area (Å²) < 4.78 is 12.9. The van der Waals surface area contributed by atoms with Crippen LogP contribution in [0, 0.1) is 12.7 Å². The number of hydrogen-bond acceptors (Lipinski definition) is 1. The maximum absolute atomic E-state index is 12.9. The van der Waals surface area contributed by atoms with Crippen molar-refractivity contribution in [2.75, 3.05) is 6.54 Å². The Morgan fingerprint density at radius 2 is 2.20 bits per heavy atom. The third-order valence-electron chi connectivity index (χ3n) is 2.44. The van der Waals surface area contributed by atoms with Gasteiger partial charge >= 0.3 is 0 Å². The molecule has 1 unspecified atom stereocenters. The minimum absolute atomic E-state index is 0.152. The van der Waals surface area contributed by atoms with Gasteiger partial charge in [0.05, 0.1) is 0 Å². The lowest BCUT2D eigenvalue weighted by atomic mass is 10.1. The minimum atomic E-state index is -0.185. The Morgan fingerprint density at radius 3 is 2.87 bits per heavy atom. The fourth-order valence-electron chi connectivity index (χ4n) is 1.34. The van der Waals surface area contributed by atoms with Crippen LogP contribution in [0.15, 0.2) is 18.2 Å². The smallest absolute Gasteiger partial charge is 0.123 e. The second-order valence-corrected chi connectivity index (χ2v) is 4.32. The summed E-state index contributed by atoms with van der Waals surface area (Å²) in [4.78, 5) is 0. The Kier molecular flexibility index (Phi) is 5.06. The van der Waals surface area contributed by atoms with E-state index in [4.69, 9.17) is 11.6 Å². The predicted octanol–water partition coefficient (Wildman–Crippen LogP) is 3.24. The Balaban J connectivity index is 2.46. The summed E-state index contributed by atoms with van der Waals surface area (Å²) in [5, 5.41) is 3.37. The molecule has 3 heteroatoms. The van der Waals surface area contributed by atoms with Gasteiger partial charge in [-0.25, -0.2) is 4.39 Å². The molecule has 1 atom stereocenters. The lowest BCUT2D eigenvalue weighted by Crippen LogP contribution is -2.22. The SMILES string of the molecule is CCC(Cl)CNCc1cc(F)ccc1C. The van der Waals surface area contributed by atoms with Gasteiger partial charge in [0.2, 0.25) is 0 Å². The molecular formula is C12H17ClFN. The molecule has 15 heavy (non-hydrogen) atoms. The minimum Gasteiger partial charge on any atom is -0.311 e. The summed E-state index contributed by atoms with van der Waals surface area (Å²) >= 11 is 5.97. The van der Waals surface area contributed by atoms with E-state index in [9.17, 15) is 4.39 Å². The zero-order chi connectivity index (χ0) is 11.3. The average Bonchev–Trinajstić information content (AvgIpc) is 2.23. The molecule has 1 aromatic carbocycles. The van der Waals surface area contributed by atoms with E-state index in [1.807, 2.05) is 13.8 Å². The summed E-state index contributed by atoms with van der Waals surface area (Å²) in [6.07, 6.45) is 0.941. The molecule has 0 aromatic heterocycles. The fraction of sp³-hybridized carbons (Fsp3) is 0.500. The molecule has 1 nitrogen and oxygen atoms in total. The van der Waals surface area contributed by atoms with Crippen molar-refractivity contribution < 1.29 is 4.39 Å². The molecule has 1 N–H and O–H groups in total. The molecule has 1 rings (SSSR count). The van der Waals surface area contributed by atoms with Crippen LogP contribution in [-0.4, -0.2) is 11.9 Å². The molecule has 1 aromatic rings. The van der Waals surface area contributed by atoms with Crippen LogP contribution in [0.4, 0.5) is 4.39 Å². The highest BCUT2D eigenvalue weighted by atomic mass is 35.5. The van der Waals surface area contributed by atoms with Crippen molar-refractivity contribution in [2.45, 2.75) is 32.2 Å². The van der Waals surface area contributed by atoms with Crippen molar-refractivity contribution in [3.05, 3.63) is 35.1 Å². The van der Waals surface area contributed by atoms with Crippen molar-refractivity contribution >= 4 is 11.6 Å². The molecule has 0 aliphatic carbocycles. The first-order chi connectivity index (χ1) is 7.13. The Hall–Kier alpha value is -0.600. The normalized spacial score (nSPS) is 12.8. The molecule has 0 bridgehead atoms. The molecule has 0 spiro atoms. The maximum atomic E-state index is 12.9. The lowest BCUT2D eigenvalue weighted by Gasteiger charge is -2.10. The summed E-state index contributed by atoms with van der Waals surface area (Å²) in [5.74, 6) is -0.185. The van der Waals surface area contributed by atoms with Gasteiger partial charge < -0.3 is 5.32 Å². The Labute approximate surface area is 95.6 Å². The van der Waals surface area contributed by atoms with Gasteiger partial charge in [-0.15, -0.1) is 11.6 Å². The van der Waals surface area contributed by atoms with Gasteiger partial charge in [0.1, 0.15) is 5.82 Å². The monoisotopic (exact) mass is 229 g/mol. The largest absolute Gasteiger partial charge is 0.311 e. The number of hydrogen-bond donors (Lipinski definition) is 1. The molecule has 0 heterocycles. The number of halogens is 2. The Bertz CT molecular complexity index is 314. The van der Waals surface area contributed by atoms with Crippen molar-refractivity contribution in [1.29, 1.82) is 0 Å². The third kappa shape index (κ3) is 4.18. The molecule has 0 amide bonds. The summed E-state index contributed by atoms with van der Waals surface area (Å²) in [7, 11) is 0. The highest BCUT2D eigenvalue weighted by Gasteiger charge is 2.02. The standard InChI is InChI=1S/C12H17ClFN/c1-3-11(13)8-15-7-10-6-12(14)5-4-9(10)2/h4-6,11,15H,3,7-8H2,1-2H3. The first-order valence-corrected chi connectivity index (χ1v) is 5.67. The van der Waals surface area contributed by atoms with Crippen molar-refractivity contribution in [1.82, 2.24) is 5.32 Å². The molecule has 0 saturated heterocycles. The summed E-state index contributed by atoms with van der Waals surface area (Å²) in [6, 6.07) is 4.84. The number of benzene rings is 1. The van der Waals surface area contributed by atoms with E-state index < -0.39 is 0 Å². The van der Waals surface area contributed by atoms with Crippen molar-refractivity contribution in [3.8, 4) is 0 Å². The van der Waals surface area contributed by atoms with Crippen LogP contribution >= 0.6 is 11.6 Å². The van der Waals surface area contributed by atoms with Gasteiger partial charge in [-0.1, -0.05) is 13.0 Å². The fourth-order valence-corrected chi connectivity index (χ4v) is 1.45. The maximum Gasteiger partial charge on any atom is 0.123 e. The first kappa shape index (κ1) is 12.5. The molecule has 0 aliphatic rings. The molecule has 0 saturated carbocycles. The number of aryl methyl sites for hydroxylation is 1. The van der Waals surface area contributed by atoms with Crippen LogP contribution in [0.25, 0.3) is 0 Å². The highest BCUT2D eigenvalue weighted by Crippen LogP contribution is 2.10. The van der Waals surface area contributed by atoms with Crippen molar-refractivity contribution in [2.24, 2.45) is 0 Å². The first-order valence-electron chi connectivity index (χ1n) is 5.23. The van der Waals surface area contributed by atoms with Crippen LogP contribution in [0.1, 0.15) is 24.5 Å². The number of nitrogens with one attached hydrogen (secondary N) is 1. The summed E-state index contributed by atoms with van der Waals surface area (Å²) in [6.45, 7) is 5.46. The van der Waals surface area contributed by atoms with E-state index in [1.165, 1.54) is 6.07 Å². The van der Waals surface area contributed by atoms with Gasteiger partial charge in [-0.3, -0.25) is 0 Å². The van der Waals surface area contributed by atoms with E-state index in [0.29, 0.717) is 6.54 Å². The summed E-state index contributed by atoms with van der Waals surface area (Å²) in [5.41, 5.74) is 2.10. The molecule has 0 fully saturated rings. The Morgan fingerprint density at radius 1 is 1.47 bits per heavy atom.